The maximum atomic E-state index is 12.9. The van der Waals surface area contributed by atoms with Gasteiger partial charge in [-0.25, -0.2) is 4.39 Å². The Balaban J connectivity index is 1.67. The minimum atomic E-state index is -0.350. The number of aromatic amines is 1. The summed E-state index contributed by atoms with van der Waals surface area (Å²) in [5.74, 6) is 0.0809. The van der Waals surface area contributed by atoms with Gasteiger partial charge in [-0.05, 0) is 30.3 Å². The molecule has 1 aromatic carbocycles. The molecule has 0 aliphatic heterocycles. The fraction of sp³-hybridized carbons (Fsp3) is 0.143. The van der Waals surface area contributed by atoms with Crippen molar-refractivity contribution in [3.05, 3.63) is 53.6 Å². The summed E-state index contributed by atoms with van der Waals surface area (Å²) in [6, 6.07) is 7.44. The quantitative estimate of drug-likeness (QED) is 0.766. The Morgan fingerprint density at radius 3 is 2.77 bits per heavy atom. The second kappa shape index (κ2) is 5.76. The second-order valence-corrected chi connectivity index (χ2v) is 4.57. The molecule has 0 aliphatic carbocycles. The molecule has 0 bridgehead atoms. The van der Waals surface area contributed by atoms with Crippen LogP contribution in [0.1, 0.15) is 22.3 Å². The number of hydrogen-bond donors (Lipinski definition) is 2. The maximum Gasteiger partial charge on any atom is 0.269 e. The first kappa shape index (κ1) is 13.9. The van der Waals surface area contributed by atoms with Crippen LogP contribution in [0.25, 0.3) is 11.3 Å². The van der Waals surface area contributed by atoms with Crippen LogP contribution >= 0.6 is 0 Å². The van der Waals surface area contributed by atoms with Gasteiger partial charge in [0.1, 0.15) is 11.5 Å². The Hall–Kier alpha value is -3.03. The van der Waals surface area contributed by atoms with Crippen LogP contribution in [0.5, 0.6) is 0 Å². The van der Waals surface area contributed by atoms with Crippen molar-refractivity contribution < 1.29 is 13.6 Å². The summed E-state index contributed by atoms with van der Waals surface area (Å²) in [5.41, 5.74) is 1.55. The molecule has 2 N–H and O–H groups in total. The highest BCUT2D eigenvalue weighted by Gasteiger charge is 2.12. The molecular formula is C14H12FN5O2. The van der Waals surface area contributed by atoms with Crippen molar-refractivity contribution >= 4 is 5.91 Å². The van der Waals surface area contributed by atoms with Gasteiger partial charge in [-0.3, -0.25) is 9.89 Å². The summed E-state index contributed by atoms with van der Waals surface area (Å²) in [6.07, 6.45) is 0. The molecule has 0 atom stereocenters. The first-order chi connectivity index (χ1) is 10.6. The fourth-order valence-electron chi connectivity index (χ4n) is 1.87. The van der Waals surface area contributed by atoms with Gasteiger partial charge in [0.2, 0.25) is 11.8 Å². The molecule has 0 fully saturated rings. The average Bonchev–Trinajstić information content (AvgIpc) is 3.15. The molecule has 0 saturated carbocycles. The summed E-state index contributed by atoms with van der Waals surface area (Å²) < 4.78 is 18.0. The molecular weight excluding hydrogens is 289 g/mol. The molecule has 8 heteroatoms. The molecule has 3 aromatic rings. The number of nitrogens with zero attached hydrogens (tertiary/aromatic N) is 3. The van der Waals surface area contributed by atoms with E-state index in [2.05, 4.69) is 25.7 Å². The number of benzene rings is 1. The lowest BCUT2D eigenvalue weighted by Gasteiger charge is -1.98. The van der Waals surface area contributed by atoms with Crippen molar-refractivity contribution in [1.29, 1.82) is 0 Å². The van der Waals surface area contributed by atoms with Crippen molar-refractivity contribution in [3.8, 4) is 11.3 Å². The van der Waals surface area contributed by atoms with E-state index in [-0.39, 0.29) is 24.0 Å². The van der Waals surface area contributed by atoms with E-state index in [0.717, 1.165) is 0 Å². The van der Waals surface area contributed by atoms with Crippen LogP contribution in [0.15, 0.2) is 34.7 Å². The topological polar surface area (TPSA) is 96.7 Å². The highest BCUT2D eigenvalue weighted by Crippen LogP contribution is 2.17. The van der Waals surface area contributed by atoms with Crippen LogP contribution in [0, 0.1) is 12.7 Å². The molecule has 0 spiro atoms. The van der Waals surface area contributed by atoms with Crippen LogP contribution in [0.3, 0.4) is 0 Å². The molecule has 22 heavy (non-hydrogen) atoms. The van der Waals surface area contributed by atoms with Gasteiger partial charge in [-0.1, -0.05) is 0 Å². The summed E-state index contributed by atoms with van der Waals surface area (Å²) in [5, 5.41) is 16.8. The van der Waals surface area contributed by atoms with E-state index in [9.17, 15) is 9.18 Å². The Kier molecular flexibility index (Phi) is 3.65. The molecule has 2 heterocycles. The first-order valence-electron chi connectivity index (χ1n) is 6.50. The zero-order chi connectivity index (χ0) is 15.5. The molecule has 2 aromatic heterocycles. The van der Waals surface area contributed by atoms with E-state index in [1.807, 2.05) is 0 Å². The van der Waals surface area contributed by atoms with Crippen LogP contribution < -0.4 is 5.32 Å². The third kappa shape index (κ3) is 3.00. The molecule has 7 nitrogen and oxygen atoms in total. The lowest BCUT2D eigenvalue weighted by atomic mass is 10.1. The number of halogens is 1. The molecule has 0 unspecified atom stereocenters. The Morgan fingerprint density at radius 1 is 1.32 bits per heavy atom. The number of aryl methyl sites for hydroxylation is 1. The van der Waals surface area contributed by atoms with Gasteiger partial charge in [-0.15, -0.1) is 10.2 Å². The van der Waals surface area contributed by atoms with E-state index < -0.39 is 0 Å². The van der Waals surface area contributed by atoms with Gasteiger partial charge >= 0.3 is 0 Å². The average molecular weight is 301 g/mol. The lowest BCUT2D eigenvalue weighted by molar-refractivity contribution is 0.0942. The van der Waals surface area contributed by atoms with Crippen molar-refractivity contribution in [2.45, 2.75) is 13.5 Å². The minimum absolute atomic E-state index is 0.130. The van der Waals surface area contributed by atoms with E-state index in [4.69, 9.17) is 4.42 Å². The van der Waals surface area contributed by atoms with Gasteiger partial charge < -0.3 is 9.73 Å². The minimum Gasteiger partial charge on any atom is -0.424 e. The summed E-state index contributed by atoms with van der Waals surface area (Å²) in [6.45, 7) is 1.80. The zero-order valence-electron chi connectivity index (χ0n) is 11.6. The fourth-order valence-corrected chi connectivity index (χ4v) is 1.87. The number of nitrogens with one attached hydrogen (secondary N) is 2. The van der Waals surface area contributed by atoms with Gasteiger partial charge in [0.25, 0.3) is 5.91 Å². The van der Waals surface area contributed by atoms with Gasteiger partial charge in [-0.2, -0.15) is 5.10 Å². The standard InChI is InChI=1S/C14H12FN5O2/c1-8-17-20-13(22-8)7-16-14(21)12-6-11(18-19-12)9-2-4-10(15)5-3-9/h2-6H,7H2,1H3,(H,16,21)(H,18,19). The van der Waals surface area contributed by atoms with Crippen LogP contribution in [0.4, 0.5) is 4.39 Å². The maximum absolute atomic E-state index is 12.9. The molecule has 0 aliphatic rings. The summed E-state index contributed by atoms with van der Waals surface area (Å²) in [7, 11) is 0. The lowest BCUT2D eigenvalue weighted by Crippen LogP contribution is -2.23. The van der Waals surface area contributed by atoms with Crippen molar-refractivity contribution in [3.63, 3.8) is 0 Å². The van der Waals surface area contributed by atoms with Crippen molar-refractivity contribution in [2.24, 2.45) is 0 Å². The highest BCUT2D eigenvalue weighted by molar-refractivity contribution is 5.93. The predicted molar refractivity (Wildman–Crippen MR) is 74.2 cm³/mol. The smallest absolute Gasteiger partial charge is 0.269 e. The van der Waals surface area contributed by atoms with Crippen LogP contribution in [0.2, 0.25) is 0 Å². The Bertz CT molecular complexity index is 794. The van der Waals surface area contributed by atoms with Gasteiger partial charge in [0.05, 0.1) is 12.2 Å². The van der Waals surface area contributed by atoms with E-state index in [1.165, 1.54) is 12.1 Å². The number of carbonyl (C=O) groups excluding carboxylic acids is 1. The van der Waals surface area contributed by atoms with Crippen molar-refractivity contribution in [1.82, 2.24) is 25.7 Å². The summed E-state index contributed by atoms with van der Waals surface area (Å²) >= 11 is 0. The first-order valence-corrected chi connectivity index (χ1v) is 6.50. The highest BCUT2D eigenvalue weighted by atomic mass is 19.1. The normalized spacial score (nSPS) is 10.6. The number of aromatic nitrogens is 4. The number of carbonyl (C=O) groups is 1. The molecule has 0 radical (unpaired) electrons. The number of H-pyrrole nitrogens is 1. The zero-order valence-corrected chi connectivity index (χ0v) is 11.6. The van der Waals surface area contributed by atoms with Gasteiger partial charge in [0.15, 0.2) is 0 Å². The molecule has 3 rings (SSSR count). The number of rotatable bonds is 4. The van der Waals surface area contributed by atoms with Crippen molar-refractivity contribution in [2.75, 3.05) is 0 Å². The molecule has 1 amide bonds. The Labute approximate surface area is 124 Å². The Morgan fingerprint density at radius 2 is 2.09 bits per heavy atom. The molecule has 0 saturated heterocycles. The van der Waals surface area contributed by atoms with E-state index in [1.54, 1.807) is 25.1 Å². The predicted octanol–water partition coefficient (Wildman–Crippen LogP) is 1.84. The van der Waals surface area contributed by atoms with Crippen LogP contribution in [-0.4, -0.2) is 26.3 Å². The summed E-state index contributed by atoms with van der Waals surface area (Å²) in [4.78, 5) is 12.0. The van der Waals surface area contributed by atoms with E-state index in [0.29, 0.717) is 23.0 Å². The number of hydrogen-bond acceptors (Lipinski definition) is 5. The third-order valence-electron chi connectivity index (χ3n) is 2.93. The van der Waals surface area contributed by atoms with E-state index >= 15 is 0 Å². The van der Waals surface area contributed by atoms with Crippen LogP contribution in [-0.2, 0) is 6.54 Å². The largest absolute Gasteiger partial charge is 0.424 e. The molecule has 112 valence electrons. The SMILES string of the molecule is Cc1nnc(CNC(=O)c2cc(-c3ccc(F)cc3)n[nH]2)o1. The monoisotopic (exact) mass is 301 g/mol. The number of amides is 1. The van der Waals surface area contributed by atoms with Gasteiger partial charge in [0, 0.05) is 12.5 Å². The third-order valence-corrected chi connectivity index (χ3v) is 2.93. The second-order valence-electron chi connectivity index (χ2n) is 4.57.